The number of benzene rings is 1. The van der Waals surface area contributed by atoms with Gasteiger partial charge in [-0.1, -0.05) is 24.3 Å². The molecule has 0 atom stereocenters. The Morgan fingerprint density at radius 3 is 2.60 bits per heavy atom. The lowest BCUT2D eigenvalue weighted by Gasteiger charge is -2.04. The molecule has 2 rings (SSSR count). The predicted molar refractivity (Wildman–Crippen MR) is 61.7 cm³/mol. The molecule has 2 aromatic rings. The third-order valence-electron chi connectivity index (χ3n) is 2.58. The largest absolute Gasteiger partial charge is 0.396 e. The van der Waals surface area contributed by atoms with Crippen LogP contribution in [0.15, 0.2) is 30.5 Å². The Kier molecular flexibility index (Phi) is 2.46. The summed E-state index contributed by atoms with van der Waals surface area (Å²) in [5.41, 5.74) is 9.95. The number of rotatable bonds is 2. The first-order chi connectivity index (χ1) is 7.16. The number of aryl methyl sites for hydroxylation is 2. The van der Waals surface area contributed by atoms with Crippen molar-refractivity contribution in [3.05, 3.63) is 47.3 Å². The zero-order valence-electron chi connectivity index (χ0n) is 9.07. The second-order valence-corrected chi connectivity index (χ2v) is 3.79. The number of hydrogen-bond acceptors (Lipinski definition) is 2. The fourth-order valence-electron chi connectivity index (χ4n) is 1.58. The van der Waals surface area contributed by atoms with Crippen LogP contribution in [0.1, 0.15) is 16.8 Å². The van der Waals surface area contributed by atoms with Crippen LogP contribution in [-0.2, 0) is 6.54 Å². The second kappa shape index (κ2) is 3.77. The lowest BCUT2D eigenvalue weighted by molar-refractivity contribution is 0.677. The molecule has 1 aromatic carbocycles. The fourth-order valence-corrected chi connectivity index (χ4v) is 1.58. The molecule has 3 nitrogen and oxygen atoms in total. The summed E-state index contributed by atoms with van der Waals surface area (Å²) in [7, 11) is 0. The predicted octanol–water partition coefficient (Wildman–Crippen LogP) is 2.13. The van der Waals surface area contributed by atoms with Gasteiger partial charge in [-0.2, -0.15) is 5.10 Å². The van der Waals surface area contributed by atoms with E-state index in [-0.39, 0.29) is 0 Å². The van der Waals surface area contributed by atoms with Crippen molar-refractivity contribution in [2.45, 2.75) is 20.4 Å². The summed E-state index contributed by atoms with van der Waals surface area (Å²) in [5.74, 6) is 0. The van der Waals surface area contributed by atoms with Crippen LogP contribution in [0.2, 0.25) is 0 Å². The van der Waals surface area contributed by atoms with E-state index in [9.17, 15) is 0 Å². The van der Waals surface area contributed by atoms with Gasteiger partial charge in [-0.05, 0) is 25.0 Å². The van der Waals surface area contributed by atoms with Gasteiger partial charge >= 0.3 is 0 Å². The number of nitrogen functional groups attached to an aromatic ring is 1. The van der Waals surface area contributed by atoms with Gasteiger partial charge < -0.3 is 5.73 Å². The Balaban J connectivity index is 2.26. The molecular weight excluding hydrogens is 186 g/mol. The van der Waals surface area contributed by atoms with E-state index in [1.54, 1.807) is 0 Å². The quantitative estimate of drug-likeness (QED) is 0.808. The Morgan fingerprint density at radius 2 is 2.00 bits per heavy atom. The highest BCUT2D eigenvalue weighted by molar-refractivity contribution is 5.39. The van der Waals surface area contributed by atoms with Crippen molar-refractivity contribution in [2.24, 2.45) is 0 Å². The summed E-state index contributed by atoms with van der Waals surface area (Å²) in [6.45, 7) is 4.81. The molecule has 3 heteroatoms. The first-order valence-electron chi connectivity index (χ1n) is 5.01. The van der Waals surface area contributed by atoms with Gasteiger partial charge in [0.15, 0.2) is 0 Å². The maximum absolute atomic E-state index is 5.75. The molecule has 78 valence electrons. The molecule has 0 saturated carbocycles. The van der Waals surface area contributed by atoms with E-state index in [2.05, 4.69) is 24.2 Å². The van der Waals surface area contributed by atoms with Crippen molar-refractivity contribution in [2.75, 3.05) is 5.73 Å². The van der Waals surface area contributed by atoms with Crippen LogP contribution in [0.4, 0.5) is 5.69 Å². The summed E-state index contributed by atoms with van der Waals surface area (Å²) >= 11 is 0. The number of nitrogens with two attached hydrogens (primary N) is 1. The molecule has 0 amide bonds. The Labute approximate surface area is 89.5 Å². The highest BCUT2D eigenvalue weighted by Gasteiger charge is 2.02. The number of nitrogens with zero attached hydrogens (tertiary/aromatic N) is 2. The van der Waals surface area contributed by atoms with Crippen LogP contribution in [0, 0.1) is 13.8 Å². The minimum Gasteiger partial charge on any atom is -0.396 e. The van der Waals surface area contributed by atoms with Gasteiger partial charge in [0.1, 0.15) is 0 Å². The van der Waals surface area contributed by atoms with Crippen molar-refractivity contribution in [3.63, 3.8) is 0 Å². The summed E-state index contributed by atoms with van der Waals surface area (Å²) in [4.78, 5) is 0. The van der Waals surface area contributed by atoms with Crippen molar-refractivity contribution in [1.29, 1.82) is 0 Å². The third-order valence-corrected chi connectivity index (χ3v) is 2.58. The zero-order chi connectivity index (χ0) is 10.8. The first kappa shape index (κ1) is 9.77. The molecule has 0 saturated heterocycles. The van der Waals surface area contributed by atoms with Crippen molar-refractivity contribution < 1.29 is 0 Å². The van der Waals surface area contributed by atoms with Gasteiger partial charge in [-0.15, -0.1) is 0 Å². The van der Waals surface area contributed by atoms with Crippen molar-refractivity contribution in [1.82, 2.24) is 9.78 Å². The molecule has 0 aliphatic rings. The normalized spacial score (nSPS) is 10.5. The number of anilines is 1. The molecule has 0 fully saturated rings. The zero-order valence-corrected chi connectivity index (χ0v) is 9.07. The summed E-state index contributed by atoms with van der Waals surface area (Å²) < 4.78 is 1.88. The van der Waals surface area contributed by atoms with E-state index < -0.39 is 0 Å². The van der Waals surface area contributed by atoms with Gasteiger partial charge in [-0.3, -0.25) is 4.68 Å². The topological polar surface area (TPSA) is 43.8 Å². The summed E-state index contributed by atoms with van der Waals surface area (Å²) in [6.07, 6.45) is 1.88. The fraction of sp³-hybridized carbons (Fsp3) is 0.250. The highest BCUT2D eigenvalue weighted by atomic mass is 15.3. The molecule has 15 heavy (non-hydrogen) atoms. The monoisotopic (exact) mass is 201 g/mol. The van der Waals surface area contributed by atoms with Crippen LogP contribution in [0.25, 0.3) is 0 Å². The van der Waals surface area contributed by atoms with Crippen molar-refractivity contribution >= 4 is 5.69 Å². The van der Waals surface area contributed by atoms with Crippen LogP contribution in [0.3, 0.4) is 0 Å². The van der Waals surface area contributed by atoms with E-state index in [0.717, 1.165) is 17.9 Å². The number of aromatic nitrogens is 2. The molecular formula is C12H15N3. The average molecular weight is 201 g/mol. The maximum atomic E-state index is 5.75. The molecule has 0 bridgehead atoms. The lowest BCUT2D eigenvalue weighted by Crippen LogP contribution is -2.01. The van der Waals surface area contributed by atoms with Crippen LogP contribution in [0.5, 0.6) is 0 Å². The van der Waals surface area contributed by atoms with Gasteiger partial charge in [0.2, 0.25) is 0 Å². The molecule has 1 heterocycles. The molecule has 0 spiro atoms. The lowest BCUT2D eigenvalue weighted by atomic mass is 10.1. The highest BCUT2D eigenvalue weighted by Crippen LogP contribution is 2.12. The SMILES string of the molecule is Cc1ccccc1Cn1cc(N)c(C)n1. The molecule has 0 radical (unpaired) electrons. The smallest absolute Gasteiger partial charge is 0.0823 e. The van der Waals surface area contributed by atoms with E-state index >= 15 is 0 Å². The molecule has 2 N–H and O–H groups in total. The molecule has 0 aliphatic carbocycles. The molecule has 1 aromatic heterocycles. The summed E-state index contributed by atoms with van der Waals surface area (Å²) in [5, 5.41) is 4.34. The summed E-state index contributed by atoms with van der Waals surface area (Å²) in [6, 6.07) is 8.31. The Morgan fingerprint density at radius 1 is 1.27 bits per heavy atom. The van der Waals surface area contributed by atoms with E-state index in [1.165, 1.54) is 11.1 Å². The van der Waals surface area contributed by atoms with E-state index in [4.69, 9.17) is 5.73 Å². The van der Waals surface area contributed by atoms with Gasteiger partial charge in [0.05, 0.1) is 17.9 Å². The van der Waals surface area contributed by atoms with Gasteiger partial charge in [0, 0.05) is 6.20 Å². The van der Waals surface area contributed by atoms with Gasteiger partial charge in [0.25, 0.3) is 0 Å². The molecule has 0 aliphatic heterocycles. The first-order valence-corrected chi connectivity index (χ1v) is 5.01. The van der Waals surface area contributed by atoms with E-state index in [0.29, 0.717) is 0 Å². The van der Waals surface area contributed by atoms with Crippen LogP contribution >= 0.6 is 0 Å². The van der Waals surface area contributed by atoms with Crippen LogP contribution in [-0.4, -0.2) is 9.78 Å². The minimum absolute atomic E-state index is 0.753. The van der Waals surface area contributed by atoms with Crippen molar-refractivity contribution in [3.8, 4) is 0 Å². The number of hydrogen-bond donors (Lipinski definition) is 1. The maximum Gasteiger partial charge on any atom is 0.0823 e. The standard InChI is InChI=1S/C12H15N3/c1-9-5-3-4-6-11(9)7-15-8-12(13)10(2)14-15/h3-6,8H,7,13H2,1-2H3. The average Bonchev–Trinajstić information content (AvgIpc) is 2.50. The third kappa shape index (κ3) is 2.01. The second-order valence-electron chi connectivity index (χ2n) is 3.79. The van der Waals surface area contributed by atoms with Gasteiger partial charge in [-0.25, -0.2) is 0 Å². The van der Waals surface area contributed by atoms with Crippen LogP contribution < -0.4 is 5.73 Å². The molecule has 0 unspecified atom stereocenters. The minimum atomic E-state index is 0.753. The van der Waals surface area contributed by atoms with E-state index in [1.807, 2.05) is 29.9 Å². The Bertz CT molecular complexity index is 452. The Hall–Kier alpha value is -1.77.